The van der Waals surface area contributed by atoms with Crippen molar-refractivity contribution in [3.8, 4) is 0 Å². The molecule has 0 radical (unpaired) electrons. The average molecular weight is 212 g/mol. The predicted molar refractivity (Wildman–Crippen MR) is 59.4 cm³/mol. The first-order chi connectivity index (χ1) is 7.15. The fraction of sp³-hybridized carbons (Fsp3) is 0.727. The van der Waals surface area contributed by atoms with E-state index in [-0.39, 0.29) is 18.1 Å². The number of ether oxygens (including phenoxy) is 1. The lowest BCUT2D eigenvalue weighted by atomic mass is 10.3. The first-order valence-electron chi connectivity index (χ1n) is 5.42. The molecule has 0 aromatic heterocycles. The summed E-state index contributed by atoms with van der Waals surface area (Å²) in [6, 6.07) is 0.134. The van der Waals surface area contributed by atoms with Crippen molar-refractivity contribution in [3.05, 3.63) is 12.7 Å². The minimum absolute atomic E-state index is 0.0482. The van der Waals surface area contributed by atoms with Crippen molar-refractivity contribution in [3.63, 3.8) is 0 Å². The van der Waals surface area contributed by atoms with E-state index in [2.05, 4.69) is 6.58 Å². The largest absolute Gasteiger partial charge is 0.368 e. The summed E-state index contributed by atoms with van der Waals surface area (Å²) in [5, 5.41) is 0. The molecule has 0 saturated carbocycles. The fourth-order valence-corrected chi connectivity index (χ4v) is 1.64. The zero-order valence-electron chi connectivity index (χ0n) is 9.32. The smallest absolute Gasteiger partial charge is 0.251 e. The summed E-state index contributed by atoms with van der Waals surface area (Å²) < 4.78 is 5.39. The van der Waals surface area contributed by atoms with Crippen LogP contribution in [0.4, 0.5) is 0 Å². The van der Waals surface area contributed by atoms with Gasteiger partial charge in [0.1, 0.15) is 6.10 Å². The van der Waals surface area contributed by atoms with Crippen LogP contribution in [-0.2, 0) is 9.53 Å². The molecule has 86 valence electrons. The molecule has 2 atom stereocenters. The molecule has 0 bridgehead atoms. The second-order valence-electron chi connectivity index (χ2n) is 3.92. The number of amides is 1. The maximum atomic E-state index is 11.8. The van der Waals surface area contributed by atoms with Crippen LogP contribution in [0.5, 0.6) is 0 Å². The Morgan fingerprint density at radius 2 is 2.53 bits per heavy atom. The molecule has 1 aliphatic rings. The second-order valence-corrected chi connectivity index (χ2v) is 3.92. The minimum atomic E-state index is -0.366. The van der Waals surface area contributed by atoms with E-state index in [0.717, 1.165) is 19.4 Å². The molecule has 1 amide bonds. The Bertz CT molecular complexity index is 231. The predicted octanol–water partition coefficient (Wildman–Crippen LogP) is 0.527. The maximum absolute atomic E-state index is 11.8. The van der Waals surface area contributed by atoms with E-state index in [1.54, 1.807) is 17.9 Å². The highest BCUT2D eigenvalue weighted by Crippen LogP contribution is 2.10. The number of hydrogen-bond donors (Lipinski definition) is 1. The molecule has 4 nitrogen and oxygen atoms in total. The van der Waals surface area contributed by atoms with E-state index in [1.807, 2.05) is 0 Å². The summed E-state index contributed by atoms with van der Waals surface area (Å²) in [5.41, 5.74) is 5.74. The van der Waals surface area contributed by atoms with Crippen LogP contribution in [0.2, 0.25) is 0 Å². The molecule has 15 heavy (non-hydrogen) atoms. The van der Waals surface area contributed by atoms with Crippen LogP contribution in [0.3, 0.4) is 0 Å². The van der Waals surface area contributed by atoms with Crippen molar-refractivity contribution in [2.75, 3.05) is 19.7 Å². The van der Waals surface area contributed by atoms with Crippen LogP contribution in [0.25, 0.3) is 0 Å². The van der Waals surface area contributed by atoms with Gasteiger partial charge in [0, 0.05) is 19.1 Å². The van der Waals surface area contributed by atoms with E-state index in [9.17, 15) is 4.79 Å². The Labute approximate surface area is 91.1 Å². The summed E-state index contributed by atoms with van der Waals surface area (Å²) in [7, 11) is 0. The first-order valence-corrected chi connectivity index (χ1v) is 5.42. The summed E-state index contributed by atoms with van der Waals surface area (Å²) in [6.07, 6.45) is 3.08. The van der Waals surface area contributed by atoms with Crippen molar-refractivity contribution in [2.24, 2.45) is 5.73 Å². The monoisotopic (exact) mass is 212 g/mol. The van der Waals surface area contributed by atoms with Crippen LogP contribution >= 0.6 is 0 Å². The maximum Gasteiger partial charge on any atom is 0.251 e. The molecule has 2 N–H and O–H groups in total. The van der Waals surface area contributed by atoms with E-state index < -0.39 is 0 Å². The molecule has 0 aromatic rings. The van der Waals surface area contributed by atoms with Crippen molar-refractivity contribution in [1.29, 1.82) is 0 Å². The van der Waals surface area contributed by atoms with Gasteiger partial charge in [0.2, 0.25) is 0 Å². The van der Waals surface area contributed by atoms with Gasteiger partial charge < -0.3 is 15.4 Å². The average Bonchev–Trinajstić information content (AvgIpc) is 2.64. The zero-order valence-corrected chi connectivity index (χ0v) is 9.32. The third-order valence-electron chi connectivity index (χ3n) is 2.57. The van der Waals surface area contributed by atoms with Gasteiger partial charge in [-0.05, 0) is 19.8 Å². The SMILES string of the molecule is C=CCCOC(C)C(=O)N1CCC(N)C1. The topological polar surface area (TPSA) is 55.6 Å². The lowest BCUT2D eigenvalue weighted by molar-refractivity contribution is -0.141. The van der Waals surface area contributed by atoms with Gasteiger partial charge in [0.15, 0.2) is 0 Å². The molecule has 4 heteroatoms. The zero-order chi connectivity index (χ0) is 11.3. The summed E-state index contributed by atoms with van der Waals surface area (Å²) in [6.45, 7) is 7.36. The fourth-order valence-electron chi connectivity index (χ4n) is 1.64. The number of likely N-dealkylation sites (tertiary alicyclic amines) is 1. The van der Waals surface area contributed by atoms with E-state index in [0.29, 0.717) is 13.2 Å². The lowest BCUT2D eigenvalue weighted by Gasteiger charge is -2.20. The highest BCUT2D eigenvalue weighted by molar-refractivity contribution is 5.80. The lowest BCUT2D eigenvalue weighted by Crippen LogP contribution is -2.39. The van der Waals surface area contributed by atoms with Crippen molar-refractivity contribution < 1.29 is 9.53 Å². The molecule has 0 spiro atoms. The number of carbonyl (C=O) groups excluding carboxylic acids is 1. The Hall–Kier alpha value is -0.870. The number of nitrogens with zero attached hydrogens (tertiary/aromatic N) is 1. The molecule has 2 unspecified atom stereocenters. The quantitative estimate of drug-likeness (QED) is 0.534. The van der Waals surface area contributed by atoms with Gasteiger partial charge in [-0.1, -0.05) is 6.08 Å². The number of carbonyl (C=O) groups is 1. The molecule has 1 rings (SSSR count). The third kappa shape index (κ3) is 3.64. The Morgan fingerprint density at radius 1 is 1.80 bits per heavy atom. The Kier molecular flexibility index (Phi) is 4.78. The van der Waals surface area contributed by atoms with Gasteiger partial charge in [0.25, 0.3) is 5.91 Å². The van der Waals surface area contributed by atoms with Gasteiger partial charge >= 0.3 is 0 Å². The Balaban J connectivity index is 2.29. The van der Waals surface area contributed by atoms with Crippen molar-refractivity contribution in [2.45, 2.75) is 31.9 Å². The van der Waals surface area contributed by atoms with Crippen LogP contribution in [-0.4, -0.2) is 42.6 Å². The molecule has 1 fully saturated rings. The molecule has 1 heterocycles. The van der Waals surface area contributed by atoms with Gasteiger partial charge in [-0.15, -0.1) is 6.58 Å². The van der Waals surface area contributed by atoms with Crippen LogP contribution in [0.15, 0.2) is 12.7 Å². The second kappa shape index (κ2) is 5.88. The molecular formula is C11H20N2O2. The Morgan fingerprint density at radius 3 is 3.07 bits per heavy atom. The molecule has 0 aromatic carbocycles. The molecule has 0 aliphatic carbocycles. The van der Waals surface area contributed by atoms with E-state index >= 15 is 0 Å². The van der Waals surface area contributed by atoms with Gasteiger partial charge in [-0.3, -0.25) is 4.79 Å². The number of hydrogen-bond acceptors (Lipinski definition) is 3. The summed E-state index contributed by atoms with van der Waals surface area (Å²) >= 11 is 0. The van der Waals surface area contributed by atoms with Crippen LogP contribution in [0.1, 0.15) is 19.8 Å². The first kappa shape index (κ1) is 12.2. The van der Waals surface area contributed by atoms with Gasteiger partial charge in [-0.2, -0.15) is 0 Å². The standard InChI is InChI=1S/C11H20N2O2/c1-3-4-7-15-9(2)11(14)13-6-5-10(12)8-13/h3,9-10H,1,4-8,12H2,2H3. The van der Waals surface area contributed by atoms with Crippen molar-refractivity contribution in [1.82, 2.24) is 4.90 Å². The summed E-state index contributed by atoms with van der Waals surface area (Å²) in [5.74, 6) is 0.0482. The molecule has 1 aliphatic heterocycles. The molecule has 1 saturated heterocycles. The third-order valence-corrected chi connectivity index (χ3v) is 2.57. The number of nitrogens with two attached hydrogens (primary N) is 1. The highest BCUT2D eigenvalue weighted by Gasteiger charge is 2.27. The van der Waals surface area contributed by atoms with E-state index in [4.69, 9.17) is 10.5 Å². The molecular weight excluding hydrogens is 192 g/mol. The van der Waals surface area contributed by atoms with Gasteiger partial charge in [-0.25, -0.2) is 0 Å². The van der Waals surface area contributed by atoms with Crippen LogP contribution in [0, 0.1) is 0 Å². The van der Waals surface area contributed by atoms with Crippen LogP contribution < -0.4 is 5.73 Å². The normalized spacial score (nSPS) is 22.8. The van der Waals surface area contributed by atoms with E-state index in [1.165, 1.54) is 0 Å². The summed E-state index contributed by atoms with van der Waals surface area (Å²) in [4.78, 5) is 13.6. The minimum Gasteiger partial charge on any atom is -0.368 e. The van der Waals surface area contributed by atoms with Crippen molar-refractivity contribution >= 4 is 5.91 Å². The number of rotatable bonds is 5. The van der Waals surface area contributed by atoms with Gasteiger partial charge in [0.05, 0.1) is 6.61 Å². The highest BCUT2D eigenvalue weighted by atomic mass is 16.5.